The van der Waals surface area contributed by atoms with E-state index in [1.807, 2.05) is 20.8 Å². The maximum Gasteiger partial charge on any atom is 0.270 e. The Morgan fingerprint density at radius 1 is 1.38 bits per heavy atom. The van der Waals surface area contributed by atoms with Crippen LogP contribution in [0.25, 0.3) is 11.7 Å². The number of hydrogen-bond acceptors (Lipinski definition) is 6. The average molecular weight is 444 g/mol. The molecule has 2 amide bonds. The van der Waals surface area contributed by atoms with Gasteiger partial charge < -0.3 is 20.1 Å². The van der Waals surface area contributed by atoms with E-state index >= 15 is 0 Å². The van der Waals surface area contributed by atoms with Gasteiger partial charge in [0, 0.05) is 30.8 Å². The molecule has 0 aromatic carbocycles. The molecule has 1 saturated heterocycles. The van der Waals surface area contributed by atoms with Crippen molar-refractivity contribution in [1.82, 2.24) is 24.4 Å². The lowest BCUT2D eigenvalue weighted by molar-refractivity contribution is -0.133. The number of nitrogens with zero attached hydrogens (tertiary/aromatic N) is 4. The third-order valence-electron chi connectivity index (χ3n) is 5.65. The fourth-order valence-corrected chi connectivity index (χ4v) is 3.86. The quantitative estimate of drug-likeness (QED) is 0.644. The highest BCUT2D eigenvalue weighted by atomic mass is 16.5. The summed E-state index contributed by atoms with van der Waals surface area (Å²) in [5.41, 5.74) is -0.0586. The monoisotopic (exact) mass is 443 g/mol. The Kier molecular flexibility index (Phi) is 6.05. The Morgan fingerprint density at radius 3 is 2.78 bits per heavy atom. The molecule has 2 aromatic rings. The number of morpholine rings is 1. The zero-order valence-electron chi connectivity index (χ0n) is 18.6. The summed E-state index contributed by atoms with van der Waals surface area (Å²) in [4.78, 5) is 40.3. The minimum atomic E-state index is -0.599. The first kappa shape index (κ1) is 22.1. The Hall–Kier alpha value is -3.14. The van der Waals surface area contributed by atoms with Crippen LogP contribution in [0.5, 0.6) is 5.88 Å². The van der Waals surface area contributed by atoms with E-state index in [1.165, 1.54) is 21.4 Å². The summed E-state index contributed by atoms with van der Waals surface area (Å²) in [7, 11) is 0. The molecule has 10 heteroatoms. The molecule has 3 heterocycles. The second-order valence-electron chi connectivity index (χ2n) is 8.88. The molecule has 2 N–H and O–H groups in total. The van der Waals surface area contributed by atoms with Gasteiger partial charge in [0.2, 0.25) is 11.8 Å². The fraction of sp³-hybridized carbons (Fsp3) is 0.545. The largest absolute Gasteiger partial charge is 0.492 e. The minimum Gasteiger partial charge on any atom is -0.492 e. The molecule has 0 spiro atoms. The summed E-state index contributed by atoms with van der Waals surface area (Å²) in [6, 6.07) is 0.0146. The molecule has 1 aliphatic heterocycles. The Bertz CT molecular complexity index is 1130. The van der Waals surface area contributed by atoms with Gasteiger partial charge in [0.15, 0.2) is 5.56 Å². The van der Waals surface area contributed by atoms with Crippen molar-refractivity contribution in [3.8, 4) is 5.88 Å². The van der Waals surface area contributed by atoms with E-state index < -0.39 is 17.3 Å². The summed E-state index contributed by atoms with van der Waals surface area (Å²) in [6.07, 6.45) is 6.23. The van der Waals surface area contributed by atoms with Crippen molar-refractivity contribution in [2.75, 3.05) is 19.8 Å². The van der Waals surface area contributed by atoms with E-state index in [-0.39, 0.29) is 29.5 Å². The molecule has 0 radical (unpaired) electrons. The summed E-state index contributed by atoms with van der Waals surface area (Å²) in [6.45, 7) is 7.65. The standard InChI is InChI=1S/C22H29N5O5/c1-13(2)11-26-20-15(4-7-17(28)25-8-9-32-12-14(25)3)10-23-27(20)22(31)18(21(26)30)19(29)24-16-5-6-16/h4,7,10,13-14,16,31H,5-6,8-9,11-12H2,1-3H3,(H,24,29)/b7-4+/t14-/m0/s1. The third-order valence-corrected chi connectivity index (χ3v) is 5.65. The van der Waals surface area contributed by atoms with Crippen molar-refractivity contribution < 1.29 is 19.4 Å². The van der Waals surface area contributed by atoms with Gasteiger partial charge in [0.1, 0.15) is 5.65 Å². The predicted molar refractivity (Wildman–Crippen MR) is 117 cm³/mol. The number of carbonyl (C=O) groups excluding carboxylic acids is 2. The van der Waals surface area contributed by atoms with Crippen LogP contribution in [0.3, 0.4) is 0 Å². The summed E-state index contributed by atoms with van der Waals surface area (Å²) in [5, 5.41) is 17.7. The highest BCUT2D eigenvalue weighted by molar-refractivity contribution is 5.97. The molecular weight excluding hydrogens is 414 g/mol. The fourth-order valence-electron chi connectivity index (χ4n) is 3.86. The molecule has 2 aromatic heterocycles. The molecule has 4 rings (SSSR count). The number of carbonyl (C=O) groups is 2. The number of amides is 2. The number of nitrogens with one attached hydrogen (secondary N) is 1. The first-order valence-electron chi connectivity index (χ1n) is 11.0. The van der Waals surface area contributed by atoms with Crippen LogP contribution in [0.4, 0.5) is 0 Å². The number of rotatable bonds is 6. The molecule has 172 valence electrons. The van der Waals surface area contributed by atoms with Gasteiger partial charge >= 0.3 is 0 Å². The lowest BCUT2D eigenvalue weighted by Gasteiger charge is -2.32. The molecule has 2 aliphatic rings. The number of aromatic nitrogens is 3. The van der Waals surface area contributed by atoms with Crippen LogP contribution in [0.2, 0.25) is 0 Å². The van der Waals surface area contributed by atoms with Gasteiger partial charge in [-0.1, -0.05) is 13.8 Å². The third kappa shape index (κ3) is 4.27. The summed E-state index contributed by atoms with van der Waals surface area (Å²) < 4.78 is 8.01. The number of fused-ring (bicyclic) bond motifs is 1. The van der Waals surface area contributed by atoms with Crippen molar-refractivity contribution in [2.45, 2.75) is 52.2 Å². The van der Waals surface area contributed by atoms with Crippen molar-refractivity contribution in [2.24, 2.45) is 5.92 Å². The highest BCUT2D eigenvalue weighted by Gasteiger charge is 2.30. The van der Waals surface area contributed by atoms with E-state index in [2.05, 4.69) is 10.4 Å². The van der Waals surface area contributed by atoms with Gasteiger partial charge in [-0.25, -0.2) is 0 Å². The van der Waals surface area contributed by atoms with Gasteiger partial charge in [0.25, 0.3) is 11.5 Å². The van der Waals surface area contributed by atoms with Crippen molar-refractivity contribution >= 4 is 23.5 Å². The van der Waals surface area contributed by atoms with E-state index in [0.717, 1.165) is 12.8 Å². The summed E-state index contributed by atoms with van der Waals surface area (Å²) in [5.74, 6) is -1.17. The number of aromatic hydroxyl groups is 1. The van der Waals surface area contributed by atoms with Gasteiger partial charge in [-0.2, -0.15) is 9.61 Å². The Morgan fingerprint density at radius 2 is 2.12 bits per heavy atom. The van der Waals surface area contributed by atoms with E-state index in [9.17, 15) is 19.5 Å². The molecule has 1 atom stereocenters. The first-order valence-corrected chi connectivity index (χ1v) is 11.0. The zero-order valence-corrected chi connectivity index (χ0v) is 18.6. The van der Waals surface area contributed by atoms with Crippen LogP contribution >= 0.6 is 0 Å². The van der Waals surface area contributed by atoms with Crippen LogP contribution in [0.15, 0.2) is 17.1 Å². The van der Waals surface area contributed by atoms with Crippen LogP contribution in [-0.4, -0.2) is 67.8 Å². The molecule has 10 nitrogen and oxygen atoms in total. The maximum atomic E-state index is 13.2. The van der Waals surface area contributed by atoms with Gasteiger partial charge in [0.05, 0.1) is 25.5 Å². The molecule has 2 fully saturated rings. The van der Waals surface area contributed by atoms with Crippen molar-refractivity contribution in [3.05, 3.63) is 33.8 Å². The van der Waals surface area contributed by atoms with Gasteiger partial charge in [-0.3, -0.25) is 19.0 Å². The van der Waals surface area contributed by atoms with Crippen LogP contribution < -0.4 is 10.9 Å². The van der Waals surface area contributed by atoms with Gasteiger partial charge in [-0.15, -0.1) is 0 Å². The minimum absolute atomic E-state index is 0.0273. The number of ether oxygens (including phenoxy) is 1. The Balaban J connectivity index is 1.75. The molecule has 1 saturated carbocycles. The predicted octanol–water partition coefficient (Wildman–Crippen LogP) is 1.01. The van der Waals surface area contributed by atoms with E-state index in [4.69, 9.17) is 4.74 Å². The average Bonchev–Trinajstić information content (AvgIpc) is 3.45. The SMILES string of the molecule is CC(C)Cn1c(=O)c(C(=O)NC2CC2)c(O)n2ncc(/C=C/C(=O)N3CCOC[C@@H]3C)c12. The Labute approximate surface area is 185 Å². The first-order chi connectivity index (χ1) is 15.3. The number of hydrogen-bond donors (Lipinski definition) is 2. The second-order valence-corrected chi connectivity index (χ2v) is 8.88. The smallest absolute Gasteiger partial charge is 0.270 e. The van der Waals surface area contributed by atoms with Crippen molar-refractivity contribution in [1.29, 1.82) is 0 Å². The van der Waals surface area contributed by atoms with Gasteiger partial charge in [-0.05, 0) is 31.8 Å². The lowest BCUT2D eigenvalue weighted by Crippen LogP contribution is -2.46. The van der Waals surface area contributed by atoms with E-state index in [0.29, 0.717) is 37.5 Å². The summed E-state index contributed by atoms with van der Waals surface area (Å²) >= 11 is 0. The molecule has 0 unspecified atom stereocenters. The topological polar surface area (TPSA) is 118 Å². The lowest BCUT2D eigenvalue weighted by atomic mass is 10.2. The molecule has 32 heavy (non-hydrogen) atoms. The van der Waals surface area contributed by atoms with E-state index in [1.54, 1.807) is 11.0 Å². The van der Waals surface area contributed by atoms with Crippen LogP contribution in [0.1, 0.15) is 49.5 Å². The molecular formula is C22H29N5O5. The maximum absolute atomic E-state index is 13.2. The van der Waals surface area contributed by atoms with Crippen molar-refractivity contribution in [3.63, 3.8) is 0 Å². The normalized spacial score (nSPS) is 19.2. The zero-order chi connectivity index (χ0) is 23.0. The highest BCUT2D eigenvalue weighted by Crippen LogP contribution is 2.23. The van der Waals surface area contributed by atoms with Crippen LogP contribution in [-0.2, 0) is 16.1 Å². The molecule has 1 aliphatic carbocycles. The molecule has 0 bridgehead atoms. The van der Waals surface area contributed by atoms with Crippen LogP contribution in [0, 0.1) is 5.92 Å². The second kappa shape index (κ2) is 8.78.